The molecule has 0 saturated heterocycles. The lowest BCUT2D eigenvalue weighted by atomic mass is 10.2. The summed E-state index contributed by atoms with van der Waals surface area (Å²) in [6.45, 7) is 1.18. The van der Waals surface area contributed by atoms with E-state index in [0.29, 0.717) is 29.7 Å². The monoisotopic (exact) mass is 296 g/mol. The molecular formula is C16H16N4O2. The summed E-state index contributed by atoms with van der Waals surface area (Å²) in [4.78, 5) is 28.7. The molecule has 6 heteroatoms. The number of hydrogen-bond donors (Lipinski definition) is 2. The molecule has 1 amide bonds. The fourth-order valence-corrected chi connectivity index (χ4v) is 2.61. The van der Waals surface area contributed by atoms with Crippen molar-refractivity contribution in [3.05, 3.63) is 34.4 Å². The van der Waals surface area contributed by atoms with Crippen molar-refractivity contribution in [2.75, 3.05) is 18.4 Å². The zero-order valence-corrected chi connectivity index (χ0v) is 12.1. The van der Waals surface area contributed by atoms with Gasteiger partial charge in [-0.2, -0.15) is 0 Å². The van der Waals surface area contributed by atoms with E-state index in [2.05, 4.69) is 21.5 Å². The largest absolute Gasteiger partial charge is 0.325 e. The van der Waals surface area contributed by atoms with Crippen LogP contribution in [0.3, 0.4) is 0 Å². The van der Waals surface area contributed by atoms with Crippen LogP contribution in [0.1, 0.15) is 12.2 Å². The van der Waals surface area contributed by atoms with Gasteiger partial charge in [0.2, 0.25) is 5.91 Å². The third-order valence-electron chi connectivity index (χ3n) is 3.61. The van der Waals surface area contributed by atoms with E-state index in [4.69, 9.17) is 6.42 Å². The van der Waals surface area contributed by atoms with E-state index >= 15 is 0 Å². The highest BCUT2D eigenvalue weighted by atomic mass is 16.2. The highest BCUT2D eigenvalue weighted by Gasteiger charge is 2.16. The van der Waals surface area contributed by atoms with Crippen LogP contribution in [0.5, 0.6) is 0 Å². The normalized spacial score (nSPS) is 12.9. The second-order valence-electron chi connectivity index (χ2n) is 5.18. The van der Waals surface area contributed by atoms with Crippen molar-refractivity contribution in [1.29, 1.82) is 0 Å². The Morgan fingerprint density at radius 2 is 2.32 bits per heavy atom. The summed E-state index contributed by atoms with van der Waals surface area (Å²) in [7, 11) is 0. The minimum atomic E-state index is -0.205. The topological polar surface area (TPSA) is 76.0 Å². The van der Waals surface area contributed by atoms with E-state index in [9.17, 15) is 9.59 Å². The molecule has 1 aliphatic rings. The molecule has 0 unspecified atom stereocenters. The molecule has 2 N–H and O–H groups in total. The van der Waals surface area contributed by atoms with E-state index in [0.717, 1.165) is 18.7 Å². The predicted octanol–water partition coefficient (Wildman–Crippen LogP) is 0.504. The Morgan fingerprint density at radius 3 is 3.14 bits per heavy atom. The highest BCUT2D eigenvalue weighted by molar-refractivity contribution is 5.94. The Bertz CT molecular complexity index is 832. The number of hydrogen-bond acceptors (Lipinski definition) is 4. The van der Waals surface area contributed by atoms with Crippen LogP contribution in [0.4, 0.5) is 5.69 Å². The third-order valence-corrected chi connectivity index (χ3v) is 3.61. The number of aryl methyl sites for hydroxylation is 1. The number of rotatable bonds is 4. The first kappa shape index (κ1) is 14.3. The quantitative estimate of drug-likeness (QED) is 0.636. The molecule has 1 aromatic carbocycles. The van der Waals surface area contributed by atoms with Crippen molar-refractivity contribution < 1.29 is 4.79 Å². The molecule has 0 bridgehead atoms. The number of nitrogens with one attached hydrogen (secondary N) is 2. The van der Waals surface area contributed by atoms with E-state index in [1.807, 2.05) is 0 Å². The second kappa shape index (κ2) is 6.00. The number of anilines is 1. The molecule has 0 aliphatic carbocycles. The van der Waals surface area contributed by atoms with E-state index in [1.54, 1.807) is 22.8 Å². The van der Waals surface area contributed by atoms with Crippen LogP contribution in [0.25, 0.3) is 10.9 Å². The average Bonchev–Trinajstić information content (AvgIpc) is 2.97. The number of aromatic nitrogens is 2. The Kier molecular flexibility index (Phi) is 3.90. The van der Waals surface area contributed by atoms with E-state index in [-0.39, 0.29) is 18.0 Å². The van der Waals surface area contributed by atoms with Crippen LogP contribution in [0.2, 0.25) is 0 Å². The van der Waals surface area contributed by atoms with Gasteiger partial charge in [-0.1, -0.05) is 5.92 Å². The lowest BCUT2D eigenvalue weighted by Gasteiger charge is -2.08. The highest BCUT2D eigenvalue weighted by Crippen LogP contribution is 2.18. The molecule has 112 valence electrons. The van der Waals surface area contributed by atoms with Gasteiger partial charge in [0.15, 0.2) is 0 Å². The number of terminal acetylenes is 1. The lowest BCUT2D eigenvalue weighted by molar-refractivity contribution is -0.115. The first-order valence-corrected chi connectivity index (χ1v) is 7.16. The van der Waals surface area contributed by atoms with Gasteiger partial charge in [0.25, 0.3) is 5.56 Å². The zero-order chi connectivity index (χ0) is 15.5. The average molecular weight is 296 g/mol. The molecule has 3 rings (SSSR count). The molecule has 0 spiro atoms. The summed E-state index contributed by atoms with van der Waals surface area (Å²) < 4.78 is 1.71. The van der Waals surface area contributed by atoms with Gasteiger partial charge in [0, 0.05) is 18.7 Å². The first-order chi connectivity index (χ1) is 10.7. The maximum absolute atomic E-state index is 12.4. The molecule has 0 saturated carbocycles. The maximum Gasteiger partial charge on any atom is 0.261 e. The van der Waals surface area contributed by atoms with Gasteiger partial charge < -0.3 is 5.32 Å². The molecule has 0 radical (unpaired) electrons. The van der Waals surface area contributed by atoms with Gasteiger partial charge in [-0.25, -0.2) is 4.98 Å². The molecule has 0 fully saturated rings. The second-order valence-corrected chi connectivity index (χ2v) is 5.18. The van der Waals surface area contributed by atoms with Crippen molar-refractivity contribution in [2.24, 2.45) is 0 Å². The van der Waals surface area contributed by atoms with Crippen LogP contribution >= 0.6 is 0 Å². The van der Waals surface area contributed by atoms with Gasteiger partial charge in [-0.15, -0.1) is 6.42 Å². The zero-order valence-electron chi connectivity index (χ0n) is 12.1. The summed E-state index contributed by atoms with van der Waals surface area (Å²) in [5.74, 6) is 3.03. The number of amides is 1. The van der Waals surface area contributed by atoms with Crippen LogP contribution in [0, 0.1) is 12.3 Å². The van der Waals surface area contributed by atoms with Crippen LogP contribution < -0.4 is 16.2 Å². The molecule has 1 aliphatic heterocycles. The summed E-state index contributed by atoms with van der Waals surface area (Å²) in [6.07, 6.45) is 6.89. The number of fused-ring (bicyclic) bond motifs is 2. The van der Waals surface area contributed by atoms with Gasteiger partial charge in [0.1, 0.15) is 5.82 Å². The molecular weight excluding hydrogens is 280 g/mol. The standard InChI is InChI=1S/C16H16N4O2/c1-2-7-17-10-15(21)18-11-5-6-13-12(9-11)16(22)20-8-3-4-14(20)19-13/h1,5-6,9,17H,3-4,7-8,10H2,(H,18,21). The number of nitrogens with zero attached hydrogens (tertiary/aromatic N) is 2. The van der Waals surface area contributed by atoms with Crippen molar-refractivity contribution in [3.63, 3.8) is 0 Å². The molecule has 2 heterocycles. The third kappa shape index (κ3) is 2.71. The van der Waals surface area contributed by atoms with Gasteiger partial charge in [-0.05, 0) is 24.6 Å². The van der Waals surface area contributed by atoms with Crippen molar-refractivity contribution in [3.8, 4) is 12.3 Å². The van der Waals surface area contributed by atoms with Crippen LogP contribution in [-0.4, -0.2) is 28.5 Å². The van der Waals surface area contributed by atoms with Gasteiger partial charge in [-0.3, -0.25) is 19.5 Å². The Balaban J connectivity index is 1.86. The van der Waals surface area contributed by atoms with Crippen molar-refractivity contribution in [2.45, 2.75) is 19.4 Å². The summed E-state index contributed by atoms with van der Waals surface area (Å²) in [5, 5.41) is 6.08. The minimum Gasteiger partial charge on any atom is -0.325 e. The Hall–Kier alpha value is -2.65. The van der Waals surface area contributed by atoms with Crippen LogP contribution in [-0.2, 0) is 17.8 Å². The fraction of sp³-hybridized carbons (Fsp3) is 0.312. The minimum absolute atomic E-state index is 0.0425. The number of carbonyl (C=O) groups excluding carboxylic acids is 1. The molecule has 6 nitrogen and oxygen atoms in total. The maximum atomic E-state index is 12.4. The summed E-state index contributed by atoms with van der Waals surface area (Å²) >= 11 is 0. The number of benzene rings is 1. The van der Waals surface area contributed by atoms with Gasteiger partial charge in [0.05, 0.1) is 24.0 Å². The van der Waals surface area contributed by atoms with Crippen LogP contribution in [0.15, 0.2) is 23.0 Å². The summed E-state index contributed by atoms with van der Waals surface area (Å²) in [6, 6.07) is 5.19. The SMILES string of the molecule is C#CCNCC(=O)Nc1ccc2nc3n(c(=O)c2c1)CCC3. The Labute approximate surface area is 127 Å². The molecule has 2 aromatic rings. The van der Waals surface area contributed by atoms with E-state index < -0.39 is 0 Å². The smallest absolute Gasteiger partial charge is 0.261 e. The fourth-order valence-electron chi connectivity index (χ4n) is 2.61. The lowest BCUT2D eigenvalue weighted by Crippen LogP contribution is -2.28. The summed E-state index contributed by atoms with van der Waals surface area (Å²) in [5.41, 5.74) is 1.21. The number of carbonyl (C=O) groups is 1. The van der Waals surface area contributed by atoms with E-state index in [1.165, 1.54) is 0 Å². The predicted molar refractivity (Wildman–Crippen MR) is 84.7 cm³/mol. The molecule has 0 atom stereocenters. The van der Waals surface area contributed by atoms with Crippen molar-refractivity contribution >= 4 is 22.5 Å². The van der Waals surface area contributed by atoms with Gasteiger partial charge >= 0.3 is 0 Å². The van der Waals surface area contributed by atoms with Crippen molar-refractivity contribution in [1.82, 2.24) is 14.9 Å². The molecule has 22 heavy (non-hydrogen) atoms. The first-order valence-electron chi connectivity index (χ1n) is 7.16. The molecule has 1 aromatic heterocycles. The Morgan fingerprint density at radius 1 is 1.45 bits per heavy atom.